The summed E-state index contributed by atoms with van der Waals surface area (Å²) in [6.07, 6.45) is 1.48. The quantitative estimate of drug-likeness (QED) is 0.709. The van der Waals surface area contributed by atoms with Crippen LogP contribution in [0, 0.1) is 0 Å². The first-order chi connectivity index (χ1) is 10.1. The van der Waals surface area contributed by atoms with Gasteiger partial charge in [-0.3, -0.25) is 4.79 Å². The fourth-order valence-corrected chi connectivity index (χ4v) is 2.28. The van der Waals surface area contributed by atoms with Gasteiger partial charge in [-0.25, -0.2) is 0 Å². The minimum Gasteiger partial charge on any atom is -0.508 e. The highest BCUT2D eigenvalue weighted by Crippen LogP contribution is 2.29. The van der Waals surface area contributed by atoms with Crippen molar-refractivity contribution in [2.24, 2.45) is 0 Å². The molecule has 0 saturated carbocycles. The fraction of sp³-hybridized carbons (Fsp3) is 0.0625. The molecule has 5 nitrogen and oxygen atoms in total. The lowest BCUT2D eigenvalue weighted by Crippen LogP contribution is -2.11. The summed E-state index contributed by atoms with van der Waals surface area (Å²) in [6.45, 7) is 0. The van der Waals surface area contributed by atoms with Crippen LogP contribution in [0.4, 0.5) is 0 Å². The van der Waals surface area contributed by atoms with E-state index in [1.165, 1.54) is 19.4 Å². The molecule has 21 heavy (non-hydrogen) atoms. The van der Waals surface area contributed by atoms with Gasteiger partial charge < -0.3 is 15.1 Å². The van der Waals surface area contributed by atoms with Crippen LogP contribution in [-0.2, 0) is 0 Å². The summed E-state index contributed by atoms with van der Waals surface area (Å²) in [4.78, 5) is 12.1. The summed E-state index contributed by atoms with van der Waals surface area (Å²) >= 11 is 0. The van der Waals surface area contributed by atoms with E-state index < -0.39 is 0 Å². The molecule has 106 valence electrons. The molecule has 1 aromatic carbocycles. The van der Waals surface area contributed by atoms with E-state index in [2.05, 4.69) is 0 Å². The van der Waals surface area contributed by atoms with Gasteiger partial charge in [0.15, 0.2) is 5.43 Å². The van der Waals surface area contributed by atoms with Gasteiger partial charge in [0.2, 0.25) is 0 Å². The van der Waals surface area contributed by atoms with Gasteiger partial charge in [-0.2, -0.15) is 4.73 Å². The second kappa shape index (κ2) is 4.86. The highest BCUT2D eigenvalue weighted by Gasteiger charge is 2.14. The molecule has 0 amide bonds. The van der Waals surface area contributed by atoms with E-state index >= 15 is 0 Å². The van der Waals surface area contributed by atoms with Crippen molar-refractivity contribution in [2.75, 3.05) is 7.11 Å². The Morgan fingerprint density at radius 3 is 2.62 bits per heavy atom. The standard InChI is InChI=1S/C16H13NO4/c1-21-13-7-15-14(16(19)8-13)6-11(9-17(15)20)10-3-2-4-12(18)5-10/h2-9,18,20H,1H3. The van der Waals surface area contributed by atoms with Crippen LogP contribution in [0.5, 0.6) is 11.5 Å². The molecular weight excluding hydrogens is 270 g/mol. The number of aromatic nitrogens is 1. The second-order valence-electron chi connectivity index (χ2n) is 4.68. The molecule has 3 rings (SSSR count). The van der Waals surface area contributed by atoms with Crippen molar-refractivity contribution in [3.63, 3.8) is 0 Å². The molecule has 0 bridgehead atoms. The Balaban J connectivity index is 2.27. The van der Waals surface area contributed by atoms with Crippen LogP contribution in [0.3, 0.4) is 0 Å². The zero-order chi connectivity index (χ0) is 15.0. The number of methoxy groups -OCH3 is 1. The van der Waals surface area contributed by atoms with Crippen molar-refractivity contribution in [3.05, 3.63) is 58.9 Å². The van der Waals surface area contributed by atoms with Crippen molar-refractivity contribution in [1.29, 1.82) is 0 Å². The SMILES string of the molecule is COc1cc2n(O)cc(-c3cccc(O)c3)cc-2c(=O)c1. The number of fused-ring (bicyclic) bond motifs is 1. The zero-order valence-electron chi connectivity index (χ0n) is 11.3. The summed E-state index contributed by atoms with van der Waals surface area (Å²) in [5.41, 5.74) is 1.83. The summed E-state index contributed by atoms with van der Waals surface area (Å²) in [5, 5.41) is 19.6. The average molecular weight is 283 g/mol. The summed E-state index contributed by atoms with van der Waals surface area (Å²) in [6, 6.07) is 11.2. The third-order valence-corrected chi connectivity index (χ3v) is 3.32. The van der Waals surface area contributed by atoms with Gasteiger partial charge in [-0.15, -0.1) is 0 Å². The number of ether oxygens (including phenoxy) is 1. The first-order valence-corrected chi connectivity index (χ1v) is 6.31. The lowest BCUT2D eigenvalue weighted by molar-refractivity contribution is 0.189. The Morgan fingerprint density at radius 1 is 1.10 bits per heavy atom. The molecule has 0 radical (unpaired) electrons. The largest absolute Gasteiger partial charge is 0.508 e. The molecule has 0 aromatic heterocycles. The third kappa shape index (κ3) is 2.29. The Labute approximate surface area is 120 Å². The number of benzene rings is 2. The van der Waals surface area contributed by atoms with Crippen molar-refractivity contribution in [1.82, 2.24) is 4.73 Å². The third-order valence-electron chi connectivity index (χ3n) is 3.32. The minimum absolute atomic E-state index is 0.120. The average Bonchev–Trinajstić information content (AvgIpc) is 2.47. The number of rotatable bonds is 2. The van der Waals surface area contributed by atoms with Crippen molar-refractivity contribution in [3.8, 4) is 33.9 Å². The highest BCUT2D eigenvalue weighted by atomic mass is 16.5. The number of hydrogen-bond donors (Lipinski definition) is 2. The fourth-order valence-electron chi connectivity index (χ4n) is 2.28. The predicted octanol–water partition coefficient (Wildman–Crippen LogP) is 2.57. The van der Waals surface area contributed by atoms with Crippen LogP contribution in [-0.4, -0.2) is 22.2 Å². The predicted molar refractivity (Wildman–Crippen MR) is 78.2 cm³/mol. The van der Waals surface area contributed by atoms with E-state index in [-0.39, 0.29) is 11.2 Å². The van der Waals surface area contributed by atoms with Gasteiger partial charge in [0.1, 0.15) is 11.5 Å². The normalized spacial score (nSPS) is 10.7. The zero-order valence-corrected chi connectivity index (χ0v) is 11.3. The molecule has 0 atom stereocenters. The molecule has 5 heteroatoms. The molecule has 1 aromatic rings. The molecule has 1 aliphatic heterocycles. The number of hydrogen-bond acceptors (Lipinski definition) is 4. The molecule has 1 heterocycles. The molecule has 2 N–H and O–H groups in total. The molecule has 0 saturated heterocycles. The lowest BCUT2D eigenvalue weighted by Gasteiger charge is -2.13. The topological polar surface area (TPSA) is 71.7 Å². The first-order valence-electron chi connectivity index (χ1n) is 6.31. The number of aromatic hydroxyl groups is 1. The van der Waals surface area contributed by atoms with Crippen LogP contribution in [0.25, 0.3) is 22.4 Å². The van der Waals surface area contributed by atoms with E-state index in [1.54, 1.807) is 36.4 Å². The van der Waals surface area contributed by atoms with E-state index in [1.807, 2.05) is 0 Å². The van der Waals surface area contributed by atoms with E-state index in [9.17, 15) is 15.1 Å². The highest BCUT2D eigenvalue weighted by molar-refractivity contribution is 5.73. The molecule has 0 unspecified atom stereocenters. The van der Waals surface area contributed by atoms with Gasteiger partial charge in [0.05, 0.1) is 19.0 Å². The molecular formula is C16H13NO4. The van der Waals surface area contributed by atoms with Crippen LogP contribution in [0.1, 0.15) is 0 Å². The van der Waals surface area contributed by atoms with Crippen molar-refractivity contribution in [2.45, 2.75) is 0 Å². The summed E-state index contributed by atoms with van der Waals surface area (Å²) in [5.74, 6) is 0.509. The minimum atomic E-state index is -0.242. The van der Waals surface area contributed by atoms with Gasteiger partial charge in [0.25, 0.3) is 0 Å². The number of nitrogens with zero attached hydrogens (tertiary/aromatic N) is 1. The second-order valence-corrected chi connectivity index (χ2v) is 4.68. The van der Waals surface area contributed by atoms with Gasteiger partial charge in [-0.05, 0) is 23.8 Å². The number of phenolic OH excluding ortho intramolecular Hbond substituents is 1. The number of pyridine rings is 1. The smallest absolute Gasteiger partial charge is 0.191 e. The monoisotopic (exact) mass is 283 g/mol. The van der Waals surface area contributed by atoms with E-state index in [0.29, 0.717) is 28.1 Å². The van der Waals surface area contributed by atoms with Gasteiger partial charge in [0, 0.05) is 23.3 Å². The van der Waals surface area contributed by atoms with Gasteiger partial charge >= 0.3 is 0 Å². The first kappa shape index (κ1) is 13.1. The van der Waals surface area contributed by atoms with Gasteiger partial charge in [-0.1, -0.05) is 12.1 Å². The van der Waals surface area contributed by atoms with E-state index in [0.717, 1.165) is 4.73 Å². The molecule has 0 spiro atoms. The lowest BCUT2D eigenvalue weighted by atomic mass is 10.0. The van der Waals surface area contributed by atoms with Crippen LogP contribution >= 0.6 is 0 Å². The Bertz CT molecular complexity index is 838. The Hall–Kier alpha value is -2.95. The van der Waals surface area contributed by atoms with E-state index in [4.69, 9.17) is 4.74 Å². The summed E-state index contributed by atoms with van der Waals surface area (Å²) in [7, 11) is 1.46. The van der Waals surface area contributed by atoms with Crippen molar-refractivity contribution < 1.29 is 15.1 Å². The van der Waals surface area contributed by atoms with Crippen molar-refractivity contribution >= 4 is 0 Å². The Kier molecular flexibility index (Phi) is 3.02. The maximum atomic E-state index is 12.1. The summed E-state index contributed by atoms with van der Waals surface area (Å²) < 4.78 is 5.92. The number of phenols is 1. The Morgan fingerprint density at radius 2 is 1.90 bits per heavy atom. The molecule has 0 fully saturated rings. The maximum Gasteiger partial charge on any atom is 0.191 e. The van der Waals surface area contributed by atoms with Crippen LogP contribution in [0.2, 0.25) is 0 Å². The van der Waals surface area contributed by atoms with Crippen LogP contribution in [0.15, 0.2) is 53.5 Å². The molecule has 1 aliphatic carbocycles. The van der Waals surface area contributed by atoms with Crippen LogP contribution < -0.4 is 10.2 Å². The molecule has 2 aliphatic rings. The maximum absolute atomic E-state index is 12.1.